The standard InChI is InChI=1S/C14H26N2O5/c1-6-7-11(17)20-8-10(9(2)12(15)18)16-13(19)21-14(3,4)5/h9-10H,6-8H2,1-5H3,(H2,15,18)(H,16,19). The maximum atomic E-state index is 11.7. The molecule has 2 unspecified atom stereocenters. The van der Waals surface area contributed by atoms with Gasteiger partial charge in [-0.1, -0.05) is 13.8 Å². The monoisotopic (exact) mass is 302 g/mol. The molecule has 0 radical (unpaired) electrons. The summed E-state index contributed by atoms with van der Waals surface area (Å²) in [5.74, 6) is -1.67. The number of esters is 1. The van der Waals surface area contributed by atoms with E-state index < -0.39 is 29.6 Å². The van der Waals surface area contributed by atoms with Gasteiger partial charge in [0.05, 0.1) is 12.0 Å². The van der Waals surface area contributed by atoms with Gasteiger partial charge in [0, 0.05) is 6.42 Å². The van der Waals surface area contributed by atoms with Crippen LogP contribution in [0, 0.1) is 5.92 Å². The number of nitrogens with one attached hydrogen (secondary N) is 1. The highest BCUT2D eigenvalue weighted by Gasteiger charge is 2.27. The zero-order chi connectivity index (χ0) is 16.6. The average Bonchev–Trinajstić information content (AvgIpc) is 2.31. The van der Waals surface area contributed by atoms with Crippen molar-refractivity contribution in [2.24, 2.45) is 11.7 Å². The van der Waals surface area contributed by atoms with Crippen molar-refractivity contribution in [1.82, 2.24) is 5.32 Å². The Hall–Kier alpha value is -1.79. The van der Waals surface area contributed by atoms with Crippen molar-refractivity contribution in [3.63, 3.8) is 0 Å². The van der Waals surface area contributed by atoms with Gasteiger partial charge in [0.25, 0.3) is 0 Å². The Balaban J connectivity index is 4.64. The Morgan fingerprint density at radius 2 is 1.81 bits per heavy atom. The Bertz CT molecular complexity index is 376. The largest absolute Gasteiger partial charge is 0.463 e. The topological polar surface area (TPSA) is 108 Å². The smallest absolute Gasteiger partial charge is 0.408 e. The number of amides is 2. The van der Waals surface area contributed by atoms with E-state index in [0.717, 1.165) is 0 Å². The first-order chi connectivity index (χ1) is 9.56. The molecule has 0 aromatic carbocycles. The van der Waals surface area contributed by atoms with Crippen LogP contribution >= 0.6 is 0 Å². The third-order valence-electron chi connectivity index (χ3n) is 2.63. The highest BCUT2D eigenvalue weighted by Crippen LogP contribution is 2.09. The first-order valence-electron chi connectivity index (χ1n) is 7.01. The number of ether oxygens (including phenoxy) is 2. The molecule has 122 valence electrons. The van der Waals surface area contributed by atoms with Crippen LogP contribution in [0.15, 0.2) is 0 Å². The quantitative estimate of drug-likeness (QED) is 0.690. The summed E-state index contributed by atoms with van der Waals surface area (Å²) < 4.78 is 10.1. The molecule has 7 nitrogen and oxygen atoms in total. The van der Waals surface area contributed by atoms with E-state index in [1.165, 1.54) is 0 Å². The van der Waals surface area contributed by atoms with Gasteiger partial charge in [-0.05, 0) is 27.2 Å². The number of carbonyl (C=O) groups is 3. The van der Waals surface area contributed by atoms with Crippen LogP contribution in [-0.2, 0) is 19.1 Å². The molecule has 2 atom stereocenters. The lowest BCUT2D eigenvalue weighted by Crippen LogP contribution is -2.48. The first-order valence-corrected chi connectivity index (χ1v) is 7.01. The summed E-state index contributed by atoms with van der Waals surface area (Å²) in [5, 5.41) is 2.51. The Morgan fingerprint density at radius 1 is 1.24 bits per heavy atom. The molecule has 7 heteroatoms. The maximum Gasteiger partial charge on any atom is 0.408 e. The molecule has 0 aliphatic carbocycles. The number of nitrogens with two attached hydrogens (primary N) is 1. The lowest BCUT2D eigenvalue weighted by atomic mass is 10.0. The number of rotatable bonds is 7. The number of hydrogen-bond donors (Lipinski definition) is 2. The molecule has 0 rings (SSSR count). The maximum absolute atomic E-state index is 11.7. The van der Waals surface area contributed by atoms with E-state index in [2.05, 4.69) is 5.32 Å². The van der Waals surface area contributed by atoms with Crippen LogP contribution in [-0.4, -0.2) is 36.2 Å². The molecule has 21 heavy (non-hydrogen) atoms. The van der Waals surface area contributed by atoms with Gasteiger partial charge in [-0.3, -0.25) is 9.59 Å². The van der Waals surface area contributed by atoms with Crippen molar-refractivity contribution < 1.29 is 23.9 Å². The summed E-state index contributed by atoms with van der Waals surface area (Å²) in [6.45, 7) is 8.45. The Kier molecular flexibility index (Phi) is 7.76. The van der Waals surface area contributed by atoms with Crippen molar-refractivity contribution in [1.29, 1.82) is 0 Å². The Labute approximate surface area is 125 Å². The van der Waals surface area contributed by atoms with Gasteiger partial charge in [-0.25, -0.2) is 4.79 Å². The van der Waals surface area contributed by atoms with Gasteiger partial charge in [-0.15, -0.1) is 0 Å². The summed E-state index contributed by atoms with van der Waals surface area (Å²) in [6.07, 6.45) is 0.255. The predicted octanol–water partition coefficient (Wildman–Crippen LogP) is 1.34. The van der Waals surface area contributed by atoms with Gasteiger partial charge in [0.2, 0.25) is 5.91 Å². The fourth-order valence-electron chi connectivity index (χ4n) is 1.43. The van der Waals surface area contributed by atoms with Crippen molar-refractivity contribution in [3.05, 3.63) is 0 Å². The summed E-state index contributed by atoms with van der Waals surface area (Å²) in [4.78, 5) is 34.4. The molecule has 0 aromatic heterocycles. The van der Waals surface area contributed by atoms with Crippen molar-refractivity contribution in [2.45, 2.75) is 59.1 Å². The zero-order valence-corrected chi connectivity index (χ0v) is 13.4. The molecule has 0 heterocycles. The molecule has 0 spiro atoms. The molecule has 3 N–H and O–H groups in total. The second kappa shape index (κ2) is 8.49. The number of alkyl carbamates (subject to hydrolysis) is 1. The predicted molar refractivity (Wildman–Crippen MR) is 77.4 cm³/mol. The molecule has 0 saturated heterocycles. The summed E-state index contributed by atoms with van der Waals surface area (Å²) in [7, 11) is 0. The molecular weight excluding hydrogens is 276 g/mol. The normalized spacial score (nSPS) is 14.0. The third-order valence-corrected chi connectivity index (χ3v) is 2.63. The van der Waals surface area contributed by atoms with Crippen molar-refractivity contribution in [3.8, 4) is 0 Å². The molecule has 0 bridgehead atoms. The minimum Gasteiger partial charge on any atom is -0.463 e. The number of primary amides is 1. The zero-order valence-electron chi connectivity index (χ0n) is 13.4. The second-order valence-corrected chi connectivity index (χ2v) is 5.88. The van der Waals surface area contributed by atoms with Gasteiger partial charge < -0.3 is 20.5 Å². The van der Waals surface area contributed by atoms with E-state index in [0.29, 0.717) is 6.42 Å². The van der Waals surface area contributed by atoms with Crippen LogP contribution in [0.5, 0.6) is 0 Å². The highest BCUT2D eigenvalue weighted by atomic mass is 16.6. The van der Waals surface area contributed by atoms with Gasteiger partial charge >= 0.3 is 12.1 Å². The van der Waals surface area contributed by atoms with Crippen LogP contribution in [0.25, 0.3) is 0 Å². The molecule has 0 saturated carbocycles. The van der Waals surface area contributed by atoms with Crippen LogP contribution in [0.4, 0.5) is 4.79 Å². The number of carbonyl (C=O) groups excluding carboxylic acids is 3. The van der Waals surface area contributed by atoms with E-state index in [-0.39, 0.29) is 19.0 Å². The summed E-state index contributed by atoms with van der Waals surface area (Å²) in [6, 6.07) is -0.724. The van der Waals surface area contributed by atoms with E-state index in [4.69, 9.17) is 15.2 Å². The molecule has 0 aliphatic heterocycles. The molecule has 0 fully saturated rings. The molecule has 0 aromatic rings. The minimum atomic E-state index is -0.724. The lowest BCUT2D eigenvalue weighted by Gasteiger charge is -2.25. The third kappa shape index (κ3) is 8.88. The first kappa shape index (κ1) is 19.2. The van der Waals surface area contributed by atoms with Crippen LogP contribution in [0.1, 0.15) is 47.5 Å². The van der Waals surface area contributed by atoms with E-state index >= 15 is 0 Å². The Morgan fingerprint density at radius 3 is 2.24 bits per heavy atom. The molecule has 2 amide bonds. The van der Waals surface area contributed by atoms with Crippen LogP contribution < -0.4 is 11.1 Å². The van der Waals surface area contributed by atoms with Gasteiger partial charge in [-0.2, -0.15) is 0 Å². The van der Waals surface area contributed by atoms with Gasteiger partial charge in [0.15, 0.2) is 0 Å². The fraction of sp³-hybridized carbons (Fsp3) is 0.786. The number of hydrogen-bond acceptors (Lipinski definition) is 5. The van der Waals surface area contributed by atoms with Crippen molar-refractivity contribution >= 4 is 18.0 Å². The van der Waals surface area contributed by atoms with E-state index in [9.17, 15) is 14.4 Å². The fourth-order valence-corrected chi connectivity index (χ4v) is 1.43. The second-order valence-electron chi connectivity index (χ2n) is 5.88. The highest BCUT2D eigenvalue weighted by molar-refractivity contribution is 5.78. The van der Waals surface area contributed by atoms with Crippen molar-refractivity contribution in [2.75, 3.05) is 6.61 Å². The average molecular weight is 302 g/mol. The molecule has 0 aliphatic rings. The molecular formula is C14H26N2O5. The van der Waals surface area contributed by atoms with E-state index in [1.807, 2.05) is 6.92 Å². The van der Waals surface area contributed by atoms with Crippen LogP contribution in [0.2, 0.25) is 0 Å². The summed E-state index contributed by atoms with van der Waals surface area (Å²) >= 11 is 0. The lowest BCUT2D eigenvalue weighted by molar-refractivity contribution is -0.145. The summed E-state index contributed by atoms with van der Waals surface area (Å²) in [5.41, 5.74) is 4.57. The van der Waals surface area contributed by atoms with Gasteiger partial charge in [0.1, 0.15) is 12.2 Å². The SMILES string of the molecule is CCCC(=O)OCC(NC(=O)OC(C)(C)C)C(C)C(N)=O. The van der Waals surface area contributed by atoms with E-state index in [1.54, 1.807) is 27.7 Å². The minimum absolute atomic E-state index is 0.123. The van der Waals surface area contributed by atoms with Crippen LogP contribution in [0.3, 0.4) is 0 Å².